The maximum absolute atomic E-state index is 2.47. The van der Waals surface area contributed by atoms with Gasteiger partial charge < -0.3 is 4.90 Å². The van der Waals surface area contributed by atoms with E-state index in [4.69, 9.17) is 0 Å². The highest BCUT2D eigenvalue weighted by molar-refractivity contribution is 7.99. The van der Waals surface area contributed by atoms with Crippen LogP contribution in [0.15, 0.2) is 186 Å². The Morgan fingerprint density at radius 3 is 1.63 bits per heavy atom. The zero-order valence-electron chi connectivity index (χ0n) is 28.6. The van der Waals surface area contributed by atoms with Crippen LogP contribution in [0.3, 0.4) is 0 Å². The molecule has 0 aliphatic heterocycles. The number of benzene rings is 9. The zero-order chi connectivity index (χ0) is 34.1. The van der Waals surface area contributed by atoms with Crippen LogP contribution in [-0.4, -0.2) is 0 Å². The molecule has 0 atom stereocenters. The third-order valence-electron chi connectivity index (χ3n) is 10.8. The van der Waals surface area contributed by atoms with Crippen LogP contribution >= 0.6 is 11.8 Å². The molecule has 9 aromatic carbocycles. The van der Waals surface area contributed by atoms with Crippen LogP contribution in [0.25, 0.3) is 54.2 Å². The second-order valence-corrected chi connectivity index (χ2v) is 15.3. The Balaban J connectivity index is 1.15. The van der Waals surface area contributed by atoms with E-state index in [1.807, 2.05) is 11.8 Å². The van der Waals surface area contributed by atoms with Gasteiger partial charge in [0.15, 0.2) is 0 Å². The van der Waals surface area contributed by atoms with E-state index < -0.39 is 0 Å². The van der Waals surface area contributed by atoms with Crippen LogP contribution in [0, 0.1) is 0 Å². The van der Waals surface area contributed by atoms with Gasteiger partial charge in [-0.2, -0.15) is 0 Å². The molecule has 0 saturated heterocycles. The number of nitrogens with zero attached hydrogens (tertiary/aromatic N) is 1. The molecule has 0 unspecified atom stereocenters. The molecule has 242 valence electrons. The first-order valence-corrected chi connectivity index (χ1v) is 18.5. The second kappa shape index (κ2) is 11.6. The number of hydrogen-bond donors (Lipinski definition) is 0. The molecule has 1 aliphatic carbocycles. The number of rotatable bonds is 5. The minimum atomic E-state index is -0.169. The van der Waals surface area contributed by atoms with Crippen molar-refractivity contribution in [1.29, 1.82) is 0 Å². The molecule has 51 heavy (non-hydrogen) atoms. The van der Waals surface area contributed by atoms with E-state index in [2.05, 4.69) is 195 Å². The molecule has 0 spiro atoms. The van der Waals surface area contributed by atoms with Crippen LogP contribution in [0.2, 0.25) is 0 Å². The molecule has 0 heterocycles. The number of fused-ring (bicyclic) bond motifs is 9. The minimum absolute atomic E-state index is 0.169. The third kappa shape index (κ3) is 4.86. The van der Waals surface area contributed by atoms with Crippen LogP contribution in [0.1, 0.15) is 25.0 Å². The first-order chi connectivity index (χ1) is 25.0. The summed E-state index contributed by atoms with van der Waals surface area (Å²) in [5.74, 6) is 0. The van der Waals surface area contributed by atoms with E-state index in [0.29, 0.717) is 0 Å². The summed E-state index contributed by atoms with van der Waals surface area (Å²) in [5, 5.41) is 10.2. The zero-order valence-corrected chi connectivity index (χ0v) is 29.4. The lowest BCUT2D eigenvalue weighted by molar-refractivity contribution is 0.665. The summed E-state index contributed by atoms with van der Waals surface area (Å²) in [6.07, 6.45) is 0. The Morgan fingerprint density at radius 1 is 0.431 bits per heavy atom. The molecule has 0 N–H and O–H groups in total. The van der Waals surface area contributed by atoms with Gasteiger partial charge in [-0.05, 0) is 120 Å². The Morgan fingerprint density at radius 2 is 0.961 bits per heavy atom. The van der Waals surface area contributed by atoms with Crippen LogP contribution in [0.5, 0.6) is 0 Å². The number of anilines is 3. The van der Waals surface area contributed by atoms with Gasteiger partial charge in [-0.15, -0.1) is 0 Å². The van der Waals surface area contributed by atoms with Crippen molar-refractivity contribution in [3.05, 3.63) is 187 Å². The fourth-order valence-electron chi connectivity index (χ4n) is 8.38. The first kappa shape index (κ1) is 30.0. The van der Waals surface area contributed by atoms with Gasteiger partial charge >= 0.3 is 0 Å². The van der Waals surface area contributed by atoms with Crippen molar-refractivity contribution in [1.82, 2.24) is 0 Å². The van der Waals surface area contributed by atoms with Gasteiger partial charge in [0.2, 0.25) is 0 Å². The molecule has 0 aromatic heterocycles. The summed E-state index contributed by atoms with van der Waals surface area (Å²) >= 11 is 1.86. The summed E-state index contributed by atoms with van der Waals surface area (Å²) in [7, 11) is 0. The van der Waals surface area contributed by atoms with Crippen molar-refractivity contribution >= 4 is 71.9 Å². The molecule has 0 amide bonds. The molecule has 2 heteroatoms. The summed E-state index contributed by atoms with van der Waals surface area (Å²) < 4.78 is 0. The van der Waals surface area contributed by atoms with Crippen molar-refractivity contribution in [3.63, 3.8) is 0 Å². The molecular weight excluding hydrogens is 635 g/mol. The van der Waals surface area contributed by atoms with Gasteiger partial charge in [-0.1, -0.05) is 147 Å². The van der Waals surface area contributed by atoms with E-state index in [9.17, 15) is 0 Å². The quantitative estimate of drug-likeness (QED) is 0.179. The predicted octanol–water partition coefficient (Wildman–Crippen LogP) is 14.2. The Kier molecular flexibility index (Phi) is 6.84. The van der Waals surface area contributed by atoms with Crippen LogP contribution in [0.4, 0.5) is 17.1 Å². The number of hydrogen-bond acceptors (Lipinski definition) is 2. The van der Waals surface area contributed by atoms with Crippen molar-refractivity contribution in [2.45, 2.75) is 29.1 Å². The summed E-state index contributed by atoms with van der Waals surface area (Å²) in [5.41, 5.74) is 8.81. The molecule has 10 rings (SSSR count). The van der Waals surface area contributed by atoms with Crippen molar-refractivity contribution in [2.24, 2.45) is 0 Å². The predicted molar refractivity (Wildman–Crippen MR) is 219 cm³/mol. The van der Waals surface area contributed by atoms with Crippen LogP contribution < -0.4 is 4.90 Å². The van der Waals surface area contributed by atoms with E-state index in [-0.39, 0.29) is 5.41 Å². The first-order valence-electron chi connectivity index (χ1n) is 17.7. The maximum Gasteiger partial charge on any atom is 0.0468 e. The fourth-order valence-corrected chi connectivity index (χ4v) is 9.39. The highest BCUT2D eigenvalue weighted by Gasteiger charge is 2.38. The lowest BCUT2D eigenvalue weighted by Gasteiger charge is -2.28. The van der Waals surface area contributed by atoms with E-state index >= 15 is 0 Å². The average molecular weight is 670 g/mol. The molecule has 0 saturated carbocycles. The van der Waals surface area contributed by atoms with Crippen molar-refractivity contribution < 1.29 is 0 Å². The van der Waals surface area contributed by atoms with Gasteiger partial charge in [0, 0.05) is 32.3 Å². The van der Waals surface area contributed by atoms with Crippen molar-refractivity contribution in [2.75, 3.05) is 4.90 Å². The van der Waals surface area contributed by atoms with E-state index in [0.717, 1.165) is 17.1 Å². The SMILES string of the molecule is CC1(C)c2cc(Sc3ccccc3)c3ccccc3c2-c2ccc3cc(N(c4ccc5ccccc5c4)c4ccc5ccccc5c4)ccc3c21. The highest BCUT2D eigenvalue weighted by Crippen LogP contribution is 2.55. The van der Waals surface area contributed by atoms with E-state index in [1.165, 1.54) is 75.1 Å². The molecule has 1 nitrogen and oxygen atoms in total. The molecule has 0 radical (unpaired) electrons. The lowest BCUT2D eigenvalue weighted by atomic mass is 9.80. The molecule has 0 fully saturated rings. The standard InChI is InChI=1S/C49H35NS/c1-49(2)45-31-46(51-40-16-4-3-5-17-40)42-18-10-11-19-43(42)47(45)44-26-22-36-30-39(25-27-41(36)48(44)49)50(37-23-20-32-12-6-8-14-34(32)28-37)38-24-21-33-13-7-9-15-35(33)29-38/h3-31H,1-2H3. The Hall–Kier alpha value is -5.83. The summed E-state index contributed by atoms with van der Waals surface area (Å²) in [4.78, 5) is 4.98. The Labute approximate surface area is 302 Å². The van der Waals surface area contributed by atoms with Gasteiger partial charge in [-0.3, -0.25) is 0 Å². The molecule has 1 aliphatic rings. The molecule has 9 aromatic rings. The topological polar surface area (TPSA) is 3.24 Å². The normalized spacial score (nSPS) is 13.1. The van der Waals surface area contributed by atoms with E-state index in [1.54, 1.807) is 0 Å². The molecular formula is C49H35NS. The van der Waals surface area contributed by atoms with Gasteiger partial charge in [-0.25, -0.2) is 0 Å². The smallest absolute Gasteiger partial charge is 0.0468 e. The second-order valence-electron chi connectivity index (χ2n) is 14.2. The largest absolute Gasteiger partial charge is 0.310 e. The van der Waals surface area contributed by atoms with Gasteiger partial charge in [0.05, 0.1) is 0 Å². The third-order valence-corrected chi connectivity index (χ3v) is 11.9. The fraction of sp³-hybridized carbons (Fsp3) is 0.0612. The minimum Gasteiger partial charge on any atom is -0.310 e. The summed E-state index contributed by atoms with van der Waals surface area (Å²) in [6, 6.07) is 64.8. The average Bonchev–Trinajstić information content (AvgIpc) is 3.41. The molecule has 0 bridgehead atoms. The summed E-state index contributed by atoms with van der Waals surface area (Å²) in [6.45, 7) is 4.82. The van der Waals surface area contributed by atoms with Gasteiger partial charge in [0.1, 0.15) is 0 Å². The van der Waals surface area contributed by atoms with Gasteiger partial charge in [0.25, 0.3) is 0 Å². The highest BCUT2D eigenvalue weighted by atomic mass is 32.2. The van der Waals surface area contributed by atoms with Crippen molar-refractivity contribution in [3.8, 4) is 11.1 Å². The maximum atomic E-state index is 2.47. The monoisotopic (exact) mass is 669 g/mol. The van der Waals surface area contributed by atoms with Crippen LogP contribution in [-0.2, 0) is 5.41 Å². The Bertz CT molecular complexity index is 2740. The lowest BCUT2D eigenvalue weighted by Crippen LogP contribution is -2.16.